The summed E-state index contributed by atoms with van der Waals surface area (Å²) in [5.41, 5.74) is 9.02. The van der Waals surface area contributed by atoms with Crippen LogP contribution in [0.2, 0.25) is 0 Å². The minimum Gasteiger partial charge on any atom is -0.487 e. The van der Waals surface area contributed by atoms with Crippen molar-refractivity contribution in [3.8, 4) is 5.75 Å². The van der Waals surface area contributed by atoms with Crippen LogP contribution in [0.4, 0.5) is 0 Å². The van der Waals surface area contributed by atoms with Gasteiger partial charge in [0.05, 0.1) is 0 Å². The Kier molecular flexibility index (Phi) is 4.74. The van der Waals surface area contributed by atoms with Crippen LogP contribution in [0.5, 0.6) is 5.75 Å². The summed E-state index contributed by atoms with van der Waals surface area (Å²) >= 11 is 0. The van der Waals surface area contributed by atoms with Crippen LogP contribution < -0.4 is 10.5 Å². The average molecular weight is 275 g/mol. The Labute approximate surface area is 123 Å². The van der Waals surface area contributed by atoms with Crippen LogP contribution in [0.15, 0.2) is 18.2 Å². The molecule has 1 aromatic carbocycles. The quantitative estimate of drug-likeness (QED) is 0.822. The van der Waals surface area contributed by atoms with Crippen molar-refractivity contribution in [2.24, 2.45) is 11.7 Å². The van der Waals surface area contributed by atoms with E-state index in [2.05, 4.69) is 45.9 Å². The molecule has 20 heavy (non-hydrogen) atoms. The Morgan fingerprint density at radius 3 is 2.70 bits per heavy atom. The minimum atomic E-state index is -0.0720. The molecule has 2 N–H and O–H groups in total. The molecule has 0 saturated heterocycles. The second-order valence-electron chi connectivity index (χ2n) is 6.74. The molecular weight excluding hydrogens is 246 g/mol. The maximum Gasteiger partial charge on any atom is 0.123 e. The maximum atomic E-state index is 6.51. The largest absolute Gasteiger partial charge is 0.487 e. The van der Waals surface area contributed by atoms with E-state index in [1.807, 2.05) is 0 Å². The molecule has 1 heterocycles. The van der Waals surface area contributed by atoms with Gasteiger partial charge in [0.1, 0.15) is 11.4 Å². The third-order valence-electron chi connectivity index (χ3n) is 4.43. The lowest BCUT2D eigenvalue weighted by molar-refractivity contribution is 0.138. The van der Waals surface area contributed by atoms with Crippen molar-refractivity contribution in [2.75, 3.05) is 0 Å². The zero-order chi connectivity index (χ0) is 14.8. The molecule has 2 heteroatoms. The van der Waals surface area contributed by atoms with E-state index in [1.54, 1.807) is 0 Å². The summed E-state index contributed by atoms with van der Waals surface area (Å²) in [5, 5.41) is 0. The molecule has 0 aromatic heterocycles. The van der Waals surface area contributed by atoms with Gasteiger partial charge in [-0.15, -0.1) is 0 Å². The average Bonchev–Trinajstić information content (AvgIpc) is 2.72. The highest BCUT2D eigenvalue weighted by Crippen LogP contribution is 2.37. The van der Waals surface area contributed by atoms with Gasteiger partial charge < -0.3 is 10.5 Å². The lowest BCUT2D eigenvalue weighted by atomic mass is 9.86. The Bertz CT molecular complexity index is 453. The third-order valence-corrected chi connectivity index (χ3v) is 4.43. The SMILES string of the molecule is CCCCC(CC)C(N)c1ccc2c(c1)CC(C)(C)O2. The lowest BCUT2D eigenvalue weighted by Crippen LogP contribution is -2.24. The molecule has 2 rings (SSSR count). The summed E-state index contributed by atoms with van der Waals surface area (Å²) in [6.07, 6.45) is 5.88. The van der Waals surface area contributed by atoms with Crippen LogP contribution in [0.1, 0.15) is 70.5 Å². The van der Waals surface area contributed by atoms with Gasteiger partial charge in [0.2, 0.25) is 0 Å². The number of ether oxygens (including phenoxy) is 1. The van der Waals surface area contributed by atoms with E-state index < -0.39 is 0 Å². The molecular formula is C18H29NO. The molecule has 2 nitrogen and oxygen atoms in total. The van der Waals surface area contributed by atoms with Crippen molar-refractivity contribution in [1.29, 1.82) is 0 Å². The summed E-state index contributed by atoms with van der Waals surface area (Å²) < 4.78 is 5.94. The first kappa shape index (κ1) is 15.4. The van der Waals surface area contributed by atoms with Crippen molar-refractivity contribution in [1.82, 2.24) is 0 Å². The molecule has 1 aromatic rings. The number of rotatable bonds is 6. The fourth-order valence-corrected chi connectivity index (χ4v) is 3.21. The molecule has 2 atom stereocenters. The van der Waals surface area contributed by atoms with Gasteiger partial charge in [-0.05, 0) is 43.4 Å². The van der Waals surface area contributed by atoms with Crippen LogP contribution in [0.3, 0.4) is 0 Å². The molecule has 1 aliphatic rings. The molecule has 0 amide bonds. The molecule has 2 unspecified atom stereocenters. The first-order chi connectivity index (χ1) is 9.46. The van der Waals surface area contributed by atoms with Gasteiger partial charge in [-0.1, -0.05) is 45.2 Å². The highest BCUT2D eigenvalue weighted by atomic mass is 16.5. The molecule has 0 radical (unpaired) electrons. The Morgan fingerprint density at radius 2 is 2.05 bits per heavy atom. The normalized spacial score (nSPS) is 19.2. The molecule has 0 fully saturated rings. The molecule has 0 aliphatic carbocycles. The number of nitrogens with two attached hydrogens (primary N) is 1. The molecule has 112 valence electrons. The number of benzene rings is 1. The van der Waals surface area contributed by atoms with Crippen LogP contribution in [0, 0.1) is 5.92 Å². The second kappa shape index (κ2) is 6.17. The molecule has 1 aliphatic heterocycles. The summed E-state index contributed by atoms with van der Waals surface area (Å²) in [5.74, 6) is 1.62. The van der Waals surface area contributed by atoms with Crippen LogP contribution >= 0.6 is 0 Å². The maximum absolute atomic E-state index is 6.51. The van der Waals surface area contributed by atoms with E-state index >= 15 is 0 Å². The van der Waals surface area contributed by atoms with Gasteiger partial charge in [0, 0.05) is 12.5 Å². The number of fused-ring (bicyclic) bond motifs is 1. The fourth-order valence-electron chi connectivity index (χ4n) is 3.21. The van der Waals surface area contributed by atoms with E-state index in [9.17, 15) is 0 Å². The zero-order valence-electron chi connectivity index (χ0n) is 13.4. The Balaban J connectivity index is 2.13. The van der Waals surface area contributed by atoms with Crippen LogP contribution in [-0.2, 0) is 6.42 Å². The Hall–Kier alpha value is -1.02. The number of unbranched alkanes of at least 4 members (excludes halogenated alkanes) is 1. The van der Waals surface area contributed by atoms with Crippen molar-refractivity contribution in [3.05, 3.63) is 29.3 Å². The third kappa shape index (κ3) is 3.35. The molecule has 0 spiro atoms. The summed E-state index contributed by atoms with van der Waals surface area (Å²) in [4.78, 5) is 0. The first-order valence-corrected chi connectivity index (χ1v) is 8.04. The number of hydrogen-bond donors (Lipinski definition) is 1. The zero-order valence-corrected chi connectivity index (χ0v) is 13.4. The van der Waals surface area contributed by atoms with E-state index in [4.69, 9.17) is 10.5 Å². The van der Waals surface area contributed by atoms with Crippen molar-refractivity contribution in [3.63, 3.8) is 0 Å². The lowest BCUT2D eigenvalue weighted by Gasteiger charge is -2.23. The van der Waals surface area contributed by atoms with Crippen LogP contribution in [-0.4, -0.2) is 5.60 Å². The van der Waals surface area contributed by atoms with Gasteiger partial charge in [0.25, 0.3) is 0 Å². The van der Waals surface area contributed by atoms with Crippen LogP contribution in [0.25, 0.3) is 0 Å². The van der Waals surface area contributed by atoms with E-state index in [1.165, 1.54) is 30.4 Å². The Morgan fingerprint density at radius 1 is 1.30 bits per heavy atom. The van der Waals surface area contributed by atoms with E-state index in [-0.39, 0.29) is 11.6 Å². The fraction of sp³-hybridized carbons (Fsp3) is 0.667. The monoisotopic (exact) mass is 275 g/mol. The van der Waals surface area contributed by atoms with Crippen molar-refractivity contribution < 1.29 is 4.74 Å². The first-order valence-electron chi connectivity index (χ1n) is 8.04. The van der Waals surface area contributed by atoms with Crippen molar-refractivity contribution >= 4 is 0 Å². The van der Waals surface area contributed by atoms with E-state index in [0.29, 0.717) is 5.92 Å². The molecule has 0 bridgehead atoms. The summed E-state index contributed by atoms with van der Waals surface area (Å²) in [6, 6.07) is 6.68. The summed E-state index contributed by atoms with van der Waals surface area (Å²) in [7, 11) is 0. The van der Waals surface area contributed by atoms with Gasteiger partial charge in [0.15, 0.2) is 0 Å². The second-order valence-corrected chi connectivity index (χ2v) is 6.74. The topological polar surface area (TPSA) is 35.2 Å². The van der Waals surface area contributed by atoms with Gasteiger partial charge in [-0.3, -0.25) is 0 Å². The van der Waals surface area contributed by atoms with Crippen molar-refractivity contribution in [2.45, 2.75) is 71.4 Å². The standard InChI is InChI=1S/C18H29NO/c1-5-7-8-13(6-2)17(19)14-9-10-16-15(11-14)12-18(3,4)20-16/h9-11,13,17H,5-8,12,19H2,1-4H3. The highest BCUT2D eigenvalue weighted by Gasteiger charge is 2.30. The predicted molar refractivity (Wildman–Crippen MR) is 85.1 cm³/mol. The summed E-state index contributed by atoms with van der Waals surface area (Å²) in [6.45, 7) is 8.78. The highest BCUT2D eigenvalue weighted by molar-refractivity contribution is 5.42. The van der Waals surface area contributed by atoms with Gasteiger partial charge >= 0.3 is 0 Å². The minimum absolute atomic E-state index is 0.0720. The molecule has 0 saturated carbocycles. The number of hydrogen-bond acceptors (Lipinski definition) is 2. The predicted octanol–water partition coefficient (Wildman–Crippen LogP) is 4.62. The van der Waals surface area contributed by atoms with Gasteiger partial charge in [-0.25, -0.2) is 0 Å². The van der Waals surface area contributed by atoms with E-state index in [0.717, 1.165) is 18.6 Å². The van der Waals surface area contributed by atoms with Gasteiger partial charge in [-0.2, -0.15) is 0 Å². The smallest absolute Gasteiger partial charge is 0.123 e.